The van der Waals surface area contributed by atoms with E-state index < -0.39 is 17.0 Å². The number of carbonyl (C=O) groups is 2. The van der Waals surface area contributed by atoms with Gasteiger partial charge in [0.1, 0.15) is 5.82 Å². The van der Waals surface area contributed by atoms with Crippen LogP contribution >= 0.6 is 23.4 Å². The van der Waals surface area contributed by atoms with E-state index in [1.165, 1.54) is 45.6 Å². The van der Waals surface area contributed by atoms with Gasteiger partial charge in [0, 0.05) is 22.7 Å². The Hall–Kier alpha value is -2.91. The molecule has 1 saturated heterocycles. The number of benzene rings is 2. The van der Waals surface area contributed by atoms with E-state index in [0.717, 1.165) is 6.42 Å². The average Bonchev–Trinajstić information content (AvgIpc) is 3.02. The summed E-state index contributed by atoms with van der Waals surface area (Å²) in [4.78, 5) is 27.3. The number of hydrogen-bond donors (Lipinski definition) is 1. The van der Waals surface area contributed by atoms with Crippen molar-refractivity contribution < 1.29 is 14.0 Å². The summed E-state index contributed by atoms with van der Waals surface area (Å²) in [6.07, 6.45) is 2.05. The molecule has 2 amide bonds. The van der Waals surface area contributed by atoms with E-state index >= 15 is 0 Å². The topological polar surface area (TPSA) is 94.1 Å². The first-order chi connectivity index (χ1) is 14.9. The highest BCUT2D eigenvalue weighted by molar-refractivity contribution is 8.00. The summed E-state index contributed by atoms with van der Waals surface area (Å²) in [7, 11) is 0. The smallest absolute Gasteiger partial charge is 0.260 e. The van der Waals surface area contributed by atoms with Crippen molar-refractivity contribution in [3.8, 4) is 11.4 Å². The van der Waals surface area contributed by atoms with Gasteiger partial charge in [-0.25, -0.2) is 9.07 Å². The number of carbonyl (C=O) groups excluding carboxylic acids is 2. The Kier molecular flexibility index (Phi) is 6.24. The molecule has 0 spiro atoms. The highest BCUT2D eigenvalue weighted by Gasteiger charge is 2.33. The molecule has 0 radical (unpaired) electrons. The summed E-state index contributed by atoms with van der Waals surface area (Å²) in [6, 6.07) is 12.2. The van der Waals surface area contributed by atoms with Crippen LogP contribution in [0.1, 0.15) is 29.6 Å². The molecule has 2 heterocycles. The molecule has 2 N–H and O–H groups in total. The summed E-state index contributed by atoms with van der Waals surface area (Å²) < 4.78 is 14.5. The molecule has 1 aromatic heterocycles. The monoisotopic (exact) mass is 459 g/mol. The van der Waals surface area contributed by atoms with E-state index in [2.05, 4.69) is 10.2 Å². The van der Waals surface area contributed by atoms with Crippen molar-refractivity contribution in [1.82, 2.24) is 19.8 Å². The van der Waals surface area contributed by atoms with E-state index in [4.69, 9.17) is 17.4 Å². The predicted octanol–water partition coefficient (Wildman–Crippen LogP) is 3.77. The van der Waals surface area contributed by atoms with E-state index in [9.17, 15) is 14.0 Å². The lowest BCUT2D eigenvalue weighted by Gasteiger charge is -2.22. The predicted molar refractivity (Wildman–Crippen MR) is 117 cm³/mol. The lowest BCUT2D eigenvalue weighted by Crippen LogP contribution is -2.41. The van der Waals surface area contributed by atoms with Gasteiger partial charge in [-0.1, -0.05) is 41.9 Å². The van der Waals surface area contributed by atoms with Gasteiger partial charge in [0.25, 0.3) is 5.91 Å². The molecule has 7 nitrogen and oxygen atoms in total. The molecule has 4 rings (SSSR count). The van der Waals surface area contributed by atoms with Gasteiger partial charge in [-0.2, -0.15) is 0 Å². The van der Waals surface area contributed by atoms with Crippen molar-refractivity contribution in [3.05, 3.63) is 64.9 Å². The lowest BCUT2D eigenvalue weighted by atomic mass is 10.2. The number of nitrogens with two attached hydrogens (primary N) is 1. The summed E-state index contributed by atoms with van der Waals surface area (Å²) in [5, 5.41) is 8.64. The molecular formula is C21H19ClFN5O2S. The summed E-state index contributed by atoms with van der Waals surface area (Å²) in [6.45, 7) is 0.315. The Morgan fingerprint density at radius 1 is 1.16 bits per heavy atom. The number of imide groups is 1. The maximum Gasteiger partial charge on any atom is 0.260 e. The summed E-state index contributed by atoms with van der Waals surface area (Å²) in [5.41, 5.74) is 0.972. The number of likely N-dealkylation sites (tertiary alicyclic amines) is 1. The van der Waals surface area contributed by atoms with Gasteiger partial charge >= 0.3 is 0 Å². The molecule has 1 atom stereocenters. The van der Waals surface area contributed by atoms with E-state index in [-0.39, 0.29) is 11.5 Å². The van der Waals surface area contributed by atoms with Gasteiger partial charge in [0.15, 0.2) is 5.82 Å². The molecule has 1 unspecified atom stereocenters. The Balaban J connectivity index is 1.55. The van der Waals surface area contributed by atoms with Crippen LogP contribution in [0.3, 0.4) is 0 Å². The van der Waals surface area contributed by atoms with Gasteiger partial charge in [0.05, 0.1) is 5.25 Å². The van der Waals surface area contributed by atoms with Crippen LogP contribution in [-0.2, 0) is 4.79 Å². The minimum Gasteiger partial charge on any atom is -0.335 e. The third kappa shape index (κ3) is 4.57. The number of nitrogens with zero attached hydrogens (tertiary/aromatic N) is 4. The van der Waals surface area contributed by atoms with Gasteiger partial charge in [-0.15, -0.1) is 10.2 Å². The first kappa shape index (κ1) is 21.3. The zero-order valence-corrected chi connectivity index (χ0v) is 17.9. The molecule has 0 bridgehead atoms. The zero-order chi connectivity index (χ0) is 22.0. The largest absolute Gasteiger partial charge is 0.335 e. The highest BCUT2D eigenvalue weighted by atomic mass is 35.5. The average molecular weight is 460 g/mol. The third-order valence-electron chi connectivity index (χ3n) is 4.97. The van der Waals surface area contributed by atoms with Crippen LogP contribution in [0.15, 0.2) is 53.7 Å². The second-order valence-electron chi connectivity index (χ2n) is 7.09. The Bertz CT molecular complexity index is 1120. The zero-order valence-electron chi connectivity index (χ0n) is 16.4. The molecule has 10 heteroatoms. The SMILES string of the molecule is Nn1c(SC2CCCCN(C(=O)c3ccc(F)cc3)C2=O)nnc1-c1cccc(Cl)c1. The number of halogens is 2. The standard InChI is InChI=1S/C21H19ClFN5O2S/c22-15-5-3-4-14(12-15)18-25-26-21(28(18)24)31-17-6-1-2-11-27(20(17)30)19(29)13-7-9-16(23)10-8-13/h3-5,7-10,12,17H,1-2,6,11,24H2. The summed E-state index contributed by atoms with van der Waals surface area (Å²) in [5.74, 6) is 5.41. The van der Waals surface area contributed by atoms with Crippen LogP contribution in [0.2, 0.25) is 5.02 Å². The van der Waals surface area contributed by atoms with Crippen molar-refractivity contribution in [3.63, 3.8) is 0 Å². The molecule has 2 aromatic carbocycles. The van der Waals surface area contributed by atoms with Crippen LogP contribution in [-0.4, -0.2) is 43.4 Å². The second-order valence-corrected chi connectivity index (χ2v) is 8.70. The first-order valence-corrected chi connectivity index (χ1v) is 10.9. The molecule has 31 heavy (non-hydrogen) atoms. The Morgan fingerprint density at radius 3 is 2.68 bits per heavy atom. The van der Waals surface area contributed by atoms with E-state index in [0.29, 0.717) is 41.0 Å². The Morgan fingerprint density at radius 2 is 1.94 bits per heavy atom. The van der Waals surface area contributed by atoms with Crippen molar-refractivity contribution in [2.24, 2.45) is 0 Å². The number of aromatic nitrogens is 3. The molecule has 0 saturated carbocycles. The molecule has 160 valence electrons. The Labute approximate surface area is 187 Å². The van der Waals surface area contributed by atoms with Gasteiger partial charge in [-0.3, -0.25) is 14.5 Å². The second kappa shape index (κ2) is 9.07. The van der Waals surface area contributed by atoms with Gasteiger partial charge in [-0.05, 0) is 49.2 Å². The molecular weight excluding hydrogens is 441 g/mol. The molecule has 1 aliphatic heterocycles. The van der Waals surface area contributed by atoms with Crippen LogP contribution in [0.25, 0.3) is 11.4 Å². The molecule has 0 aliphatic carbocycles. The fourth-order valence-electron chi connectivity index (χ4n) is 3.38. The van der Waals surface area contributed by atoms with Crippen molar-refractivity contribution in [1.29, 1.82) is 0 Å². The van der Waals surface area contributed by atoms with Crippen LogP contribution in [0, 0.1) is 5.82 Å². The number of nitrogen functional groups attached to an aromatic ring is 1. The minimum atomic E-state index is -0.536. The number of thioether (sulfide) groups is 1. The highest BCUT2D eigenvalue weighted by Crippen LogP contribution is 2.31. The fourth-order valence-corrected chi connectivity index (χ4v) is 4.62. The van der Waals surface area contributed by atoms with Crippen molar-refractivity contribution in [2.45, 2.75) is 29.7 Å². The quantitative estimate of drug-likeness (QED) is 0.471. The van der Waals surface area contributed by atoms with Crippen molar-refractivity contribution >= 4 is 35.2 Å². The number of rotatable bonds is 4. The number of hydrogen-bond acceptors (Lipinski definition) is 6. The third-order valence-corrected chi connectivity index (χ3v) is 6.42. The van der Waals surface area contributed by atoms with E-state index in [1.807, 2.05) is 6.07 Å². The first-order valence-electron chi connectivity index (χ1n) is 9.68. The number of amides is 2. The van der Waals surface area contributed by atoms with Crippen LogP contribution in [0.4, 0.5) is 4.39 Å². The van der Waals surface area contributed by atoms with Crippen LogP contribution in [0.5, 0.6) is 0 Å². The summed E-state index contributed by atoms with van der Waals surface area (Å²) >= 11 is 7.22. The maximum absolute atomic E-state index is 13.2. The fraction of sp³-hybridized carbons (Fsp3) is 0.238. The minimum absolute atomic E-state index is 0.269. The van der Waals surface area contributed by atoms with Gasteiger partial charge in [0.2, 0.25) is 11.1 Å². The lowest BCUT2D eigenvalue weighted by molar-refractivity contribution is -0.127. The molecule has 3 aromatic rings. The van der Waals surface area contributed by atoms with Crippen molar-refractivity contribution in [2.75, 3.05) is 12.4 Å². The van der Waals surface area contributed by atoms with Gasteiger partial charge < -0.3 is 5.84 Å². The van der Waals surface area contributed by atoms with E-state index in [1.54, 1.807) is 18.2 Å². The molecule has 1 aliphatic rings. The normalized spacial score (nSPS) is 16.9. The van der Waals surface area contributed by atoms with Crippen LogP contribution < -0.4 is 5.84 Å². The maximum atomic E-state index is 13.2. The molecule has 1 fully saturated rings.